The van der Waals surface area contributed by atoms with Gasteiger partial charge in [-0.3, -0.25) is 13.9 Å². The van der Waals surface area contributed by atoms with Crippen molar-refractivity contribution in [3.8, 4) is 0 Å². The summed E-state index contributed by atoms with van der Waals surface area (Å²) in [5.41, 5.74) is 4.04. The number of carbonyl (C=O) groups is 2. The van der Waals surface area contributed by atoms with Gasteiger partial charge in [-0.1, -0.05) is 93.8 Å². The predicted molar refractivity (Wildman–Crippen MR) is 174 cm³/mol. The van der Waals surface area contributed by atoms with Crippen LogP contribution in [0, 0.1) is 13.8 Å². The highest BCUT2D eigenvalue weighted by Gasteiger charge is 2.34. The predicted octanol–water partition coefficient (Wildman–Crippen LogP) is 6.04. The normalized spacial score (nSPS) is 11.9. The number of anilines is 1. The van der Waals surface area contributed by atoms with Gasteiger partial charge in [0, 0.05) is 24.0 Å². The molecule has 0 spiro atoms. The van der Waals surface area contributed by atoms with E-state index in [4.69, 9.17) is 0 Å². The van der Waals surface area contributed by atoms with Crippen molar-refractivity contribution >= 4 is 43.5 Å². The lowest BCUT2D eigenvalue weighted by Crippen LogP contribution is -2.53. The van der Waals surface area contributed by atoms with E-state index < -0.39 is 28.5 Å². The van der Waals surface area contributed by atoms with E-state index in [2.05, 4.69) is 21.2 Å². The van der Waals surface area contributed by atoms with Crippen LogP contribution in [0.5, 0.6) is 0 Å². The van der Waals surface area contributed by atoms with Gasteiger partial charge in [-0.15, -0.1) is 0 Å². The third-order valence-corrected chi connectivity index (χ3v) is 9.41. The van der Waals surface area contributed by atoms with Crippen LogP contribution in [0.4, 0.5) is 5.69 Å². The van der Waals surface area contributed by atoms with Gasteiger partial charge < -0.3 is 10.2 Å². The number of hydrogen-bond donors (Lipinski definition) is 1. The molecule has 0 saturated carbocycles. The highest BCUT2D eigenvalue weighted by molar-refractivity contribution is 9.10. The molecule has 0 aliphatic heterocycles. The van der Waals surface area contributed by atoms with Crippen LogP contribution in [0.1, 0.15) is 29.2 Å². The number of aryl methyl sites for hydroxylation is 2. The molecule has 2 amide bonds. The van der Waals surface area contributed by atoms with Gasteiger partial charge >= 0.3 is 0 Å². The van der Waals surface area contributed by atoms with E-state index in [1.165, 1.54) is 17.0 Å². The summed E-state index contributed by atoms with van der Waals surface area (Å²) in [5.74, 6) is -0.797. The summed E-state index contributed by atoms with van der Waals surface area (Å²) in [6.07, 6.45) is 0.271. The van der Waals surface area contributed by atoms with Crippen LogP contribution in [0.3, 0.4) is 0 Å². The lowest BCUT2D eigenvalue weighted by atomic mass is 10.0. The molecule has 224 valence electrons. The molecule has 0 saturated heterocycles. The molecule has 4 rings (SSSR count). The standard InChI is InChI=1S/C34H36BrN3O4S/c1-4-36-34(40)32(22-27-8-6-5-7-9-27)37(23-28-14-10-25(2)11-15-28)33(39)24-38(30-18-16-29(35)17-19-30)43(41,42)31-20-12-26(3)13-21-31/h5-21,32H,4,22-24H2,1-3H3,(H,36,40)/t32-/m1/s1. The van der Waals surface area contributed by atoms with E-state index in [0.717, 1.165) is 31.0 Å². The Labute approximate surface area is 262 Å². The molecule has 0 bridgehead atoms. The van der Waals surface area contributed by atoms with Gasteiger partial charge in [0.1, 0.15) is 12.6 Å². The summed E-state index contributed by atoms with van der Waals surface area (Å²) in [6, 6.07) is 29.7. The first-order valence-electron chi connectivity index (χ1n) is 14.1. The molecule has 0 fully saturated rings. The highest BCUT2D eigenvalue weighted by Crippen LogP contribution is 2.27. The lowest BCUT2D eigenvalue weighted by Gasteiger charge is -2.34. The summed E-state index contributed by atoms with van der Waals surface area (Å²) in [7, 11) is -4.14. The first kappa shape index (κ1) is 32.0. The Morgan fingerprint density at radius 3 is 1.95 bits per heavy atom. The van der Waals surface area contributed by atoms with Crippen LogP contribution in [0.15, 0.2) is 112 Å². The Kier molecular flexibility index (Phi) is 10.8. The van der Waals surface area contributed by atoms with E-state index in [-0.39, 0.29) is 23.8 Å². The zero-order valence-electron chi connectivity index (χ0n) is 24.5. The SMILES string of the molecule is CCNC(=O)[C@@H](Cc1ccccc1)N(Cc1ccc(C)cc1)C(=O)CN(c1ccc(Br)cc1)S(=O)(=O)c1ccc(C)cc1. The first-order chi connectivity index (χ1) is 20.6. The number of hydrogen-bond acceptors (Lipinski definition) is 4. The second-order valence-corrected chi connectivity index (χ2v) is 13.2. The molecule has 43 heavy (non-hydrogen) atoms. The van der Waals surface area contributed by atoms with Gasteiger partial charge in [0.2, 0.25) is 11.8 Å². The lowest BCUT2D eigenvalue weighted by molar-refractivity contribution is -0.140. The van der Waals surface area contributed by atoms with Crippen molar-refractivity contribution in [2.75, 3.05) is 17.4 Å². The van der Waals surface area contributed by atoms with E-state index in [0.29, 0.717) is 12.2 Å². The molecule has 4 aromatic carbocycles. The number of nitrogens with one attached hydrogen (secondary N) is 1. The fraction of sp³-hybridized carbons (Fsp3) is 0.235. The van der Waals surface area contributed by atoms with Crippen LogP contribution in [0.25, 0.3) is 0 Å². The van der Waals surface area contributed by atoms with Crippen LogP contribution in [-0.4, -0.2) is 44.3 Å². The summed E-state index contributed by atoms with van der Waals surface area (Å²) >= 11 is 3.41. The average molecular weight is 663 g/mol. The zero-order valence-corrected chi connectivity index (χ0v) is 26.9. The third kappa shape index (κ3) is 8.33. The van der Waals surface area contributed by atoms with Crippen molar-refractivity contribution in [2.45, 2.75) is 44.7 Å². The topological polar surface area (TPSA) is 86.8 Å². The Morgan fingerprint density at radius 2 is 1.37 bits per heavy atom. The maximum atomic E-state index is 14.4. The van der Waals surface area contributed by atoms with E-state index >= 15 is 0 Å². The van der Waals surface area contributed by atoms with E-state index in [1.807, 2.05) is 75.4 Å². The van der Waals surface area contributed by atoms with Crippen molar-refractivity contribution in [3.63, 3.8) is 0 Å². The van der Waals surface area contributed by atoms with Gasteiger partial charge in [0.15, 0.2) is 0 Å². The van der Waals surface area contributed by atoms with E-state index in [9.17, 15) is 18.0 Å². The molecule has 1 N–H and O–H groups in total. The Morgan fingerprint density at radius 1 is 0.791 bits per heavy atom. The van der Waals surface area contributed by atoms with Gasteiger partial charge in [-0.05, 0) is 68.3 Å². The van der Waals surface area contributed by atoms with Crippen molar-refractivity contribution in [2.24, 2.45) is 0 Å². The summed E-state index contributed by atoms with van der Waals surface area (Å²) in [6.45, 7) is 5.71. The largest absolute Gasteiger partial charge is 0.355 e. The maximum Gasteiger partial charge on any atom is 0.264 e. The average Bonchev–Trinajstić information content (AvgIpc) is 3.00. The van der Waals surface area contributed by atoms with Gasteiger partial charge in [-0.25, -0.2) is 8.42 Å². The fourth-order valence-electron chi connectivity index (χ4n) is 4.71. The number of amides is 2. The third-order valence-electron chi connectivity index (χ3n) is 7.10. The molecule has 4 aromatic rings. The summed E-state index contributed by atoms with van der Waals surface area (Å²) in [5, 5.41) is 2.88. The van der Waals surface area contributed by atoms with Crippen molar-refractivity contribution in [1.29, 1.82) is 0 Å². The van der Waals surface area contributed by atoms with Crippen LogP contribution in [0.2, 0.25) is 0 Å². The first-order valence-corrected chi connectivity index (χ1v) is 16.3. The molecule has 0 radical (unpaired) electrons. The second kappa shape index (κ2) is 14.5. The molecular weight excluding hydrogens is 626 g/mol. The smallest absolute Gasteiger partial charge is 0.264 e. The van der Waals surface area contributed by atoms with Gasteiger partial charge in [0.05, 0.1) is 10.6 Å². The fourth-order valence-corrected chi connectivity index (χ4v) is 6.39. The van der Waals surface area contributed by atoms with Crippen LogP contribution < -0.4 is 9.62 Å². The molecule has 0 aliphatic carbocycles. The second-order valence-electron chi connectivity index (χ2n) is 10.4. The summed E-state index contributed by atoms with van der Waals surface area (Å²) in [4.78, 5) is 29.5. The van der Waals surface area contributed by atoms with Gasteiger partial charge in [-0.2, -0.15) is 0 Å². The number of carbonyl (C=O) groups excluding carboxylic acids is 2. The minimum Gasteiger partial charge on any atom is -0.355 e. The quantitative estimate of drug-likeness (QED) is 0.201. The zero-order chi connectivity index (χ0) is 31.0. The Balaban J connectivity index is 1.78. The van der Waals surface area contributed by atoms with Crippen molar-refractivity contribution in [1.82, 2.24) is 10.2 Å². The Hall–Kier alpha value is -3.95. The van der Waals surface area contributed by atoms with Crippen molar-refractivity contribution < 1.29 is 18.0 Å². The minimum atomic E-state index is -4.14. The number of rotatable bonds is 12. The minimum absolute atomic E-state index is 0.0727. The van der Waals surface area contributed by atoms with Gasteiger partial charge in [0.25, 0.3) is 10.0 Å². The van der Waals surface area contributed by atoms with Crippen LogP contribution in [-0.2, 0) is 32.6 Å². The number of likely N-dealkylation sites (N-methyl/N-ethyl adjacent to an activating group) is 1. The number of halogens is 1. The monoisotopic (exact) mass is 661 g/mol. The van der Waals surface area contributed by atoms with Crippen molar-refractivity contribution in [3.05, 3.63) is 130 Å². The molecule has 0 aliphatic rings. The number of sulfonamides is 1. The molecule has 1 atom stereocenters. The molecule has 0 aromatic heterocycles. The number of benzene rings is 4. The maximum absolute atomic E-state index is 14.4. The highest BCUT2D eigenvalue weighted by atomic mass is 79.9. The molecular formula is C34H36BrN3O4S. The Bertz CT molecular complexity index is 1630. The molecule has 9 heteroatoms. The molecule has 0 unspecified atom stereocenters. The van der Waals surface area contributed by atoms with E-state index in [1.54, 1.807) is 36.4 Å². The molecule has 0 heterocycles. The molecule has 7 nitrogen and oxygen atoms in total. The summed E-state index contributed by atoms with van der Waals surface area (Å²) < 4.78 is 30.0. The number of nitrogens with zero attached hydrogens (tertiary/aromatic N) is 2. The van der Waals surface area contributed by atoms with Crippen LogP contribution >= 0.6 is 15.9 Å².